The molecule has 1 N–H and O–H groups in total. The molecule has 0 aliphatic rings. The van der Waals surface area contributed by atoms with E-state index in [4.69, 9.17) is 0 Å². The van der Waals surface area contributed by atoms with Crippen LogP contribution in [0.3, 0.4) is 0 Å². The number of nitrogens with one attached hydrogen (secondary N) is 1. The summed E-state index contributed by atoms with van der Waals surface area (Å²) in [6.45, 7) is 7.67. The molecule has 0 bridgehead atoms. The Hall–Kier alpha value is -0.640. The Bertz CT molecular complexity index is 588. The highest BCUT2D eigenvalue weighted by atomic mass is 79.9. The molecular weight excluding hydrogens is 390 g/mol. The van der Waals surface area contributed by atoms with Gasteiger partial charge in [-0.05, 0) is 60.5 Å². The third-order valence-electron chi connectivity index (χ3n) is 3.49. The second kappa shape index (κ2) is 7.08. The molecule has 1 unspecified atom stereocenters. The predicted octanol–water partition coefficient (Wildman–Crippen LogP) is 6.09. The lowest BCUT2D eigenvalue weighted by atomic mass is 9.82. The van der Waals surface area contributed by atoms with Crippen LogP contribution in [0.4, 0.5) is 0 Å². The molecule has 0 amide bonds. The largest absolute Gasteiger partial charge is 0.305 e. The fraction of sp³-hybridized carbons (Fsp3) is 0.333. The van der Waals surface area contributed by atoms with Crippen LogP contribution in [0.25, 0.3) is 0 Å². The van der Waals surface area contributed by atoms with Crippen molar-refractivity contribution < 1.29 is 0 Å². The standard InChI is InChI=1S/C18H21Br2N/c1-18(2,3)17(14-7-5-4-6-8-14)21-12-13-9-10-15(19)16(20)11-13/h4-11,17,21H,12H2,1-3H3. The summed E-state index contributed by atoms with van der Waals surface area (Å²) in [6.07, 6.45) is 0. The Labute approximate surface area is 144 Å². The molecule has 1 nitrogen and oxygen atoms in total. The van der Waals surface area contributed by atoms with Crippen molar-refractivity contribution in [1.29, 1.82) is 0 Å². The van der Waals surface area contributed by atoms with Crippen molar-refractivity contribution in [1.82, 2.24) is 5.32 Å². The van der Waals surface area contributed by atoms with Crippen LogP contribution in [0.15, 0.2) is 57.5 Å². The Kier molecular flexibility index (Phi) is 5.64. The van der Waals surface area contributed by atoms with E-state index < -0.39 is 0 Å². The molecule has 0 aromatic heterocycles. The van der Waals surface area contributed by atoms with E-state index in [9.17, 15) is 0 Å². The van der Waals surface area contributed by atoms with Crippen LogP contribution < -0.4 is 5.32 Å². The van der Waals surface area contributed by atoms with Crippen molar-refractivity contribution in [2.24, 2.45) is 5.41 Å². The molecule has 2 rings (SSSR count). The molecule has 3 heteroatoms. The summed E-state index contributed by atoms with van der Waals surface area (Å²) < 4.78 is 2.18. The van der Waals surface area contributed by atoms with E-state index in [1.165, 1.54) is 11.1 Å². The average Bonchev–Trinajstić information content (AvgIpc) is 2.43. The fourth-order valence-corrected chi connectivity index (χ4v) is 3.11. The van der Waals surface area contributed by atoms with Gasteiger partial charge in [0.15, 0.2) is 0 Å². The van der Waals surface area contributed by atoms with Crippen LogP contribution >= 0.6 is 31.9 Å². The van der Waals surface area contributed by atoms with Gasteiger partial charge < -0.3 is 5.32 Å². The first-order chi connectivity index (χ1) is 9.88. The lowest BCUT2D eigenvalue weighted by Gasteiger charge is -2.32. The minimum atomic E-state index is 0.161. The summed E-state index contributed by atoms with van der Waals surface area (Å²) in [4.78, 5) is 0. The van der Waals surface area contributed by atoms with Gasteiger partial charge in [-0.2, -0.15) is 0 Å². The van der Waals surface area contributed by atoms with Gasteiger partial charge >= 0.3 is 0 Å². The summed E-state index contributed by atoms with van der Waals surface area (Å²) in [5.74, 6) is 0. The molecule has 0 heterocycles. The maximum atomic E-state index is 3.70. The zero-order valence-electron chi connectivity index (χ0n) is 12.7. The maximum Gasteiger partial charge on any atom is 0.0372 e. The molecule has 112 valence electrons. The number of rotatable bonds is 4. The van der Waals surface area contributed by atoms with E-state index in [0.717, 1.165) is 15.5 Å². The van der Waals surface area contributed by atoms with Crippen molar-refractivity contribution in [3.05, 3.63) is 68.6 Å². The van der Waals surface area contributed by atoms with Gasteiger partial charge in [-0.15, -0.1) is 0 Å². The van der Waals surface area contributed by atoms with Gasteiger partial charge in [0.25, 0.3) is 0 Å². The lowest BCUT2D eigenvalue weighted by Crippen LogP contribution is -2.32. The van der Waals surface area contributed by atoms with Crippen LogP contribution in [0.5, 0.6) is 0 Å². The maximum absolute atomic E-state index is 3.70. The molecule has 0 saturated carbocycles. The van der Waals surface area contributed by atoms with Gasteiger partial charge in [0, 0.05) is 21.5 Å². The van der Waals surface area contributed by atoms with Crippen LogP contribution in [0.1, 0.15) is 37.9 Å². The lowest BCUT2D eigenvalue weighted by molar-refractivity contribution is 0.271. The topological polar surface area (TPSA) is 12.0 Å². The zero-order valence-corrected chi connectivity index (χ0v) is 15.8. The van der Waals surface area contributed by atoms with E-state index in [0.29, 0.717) is 6.04 Å². The van der Waals surface area contributed by atoms with Crippen molar-refractivity contribution in [3.63, 3.8) is 0 Å². The minimum absolute atomic E-state index is 0.161. The molecule has 21 heavy (non-hydrogen) atoms. The van der Waals surface area contributed by atoms with Crippen LogP contribution in [0, 0.1) is 5.41 Å². The first kappa shape index (κ1) is 16.7. The minimum Gasteiger partial charge on any atom is -0.305 e. The molecule has 0 spiro atoms. The van der Waals surface area contributed by atoms with Gasteiger partial charge in [-0.3, -0.25) is 0 Å². The monoisotopic (exact) mass is 409 g/mol. The number of hydrogen-bond donors (Lipinski definition) is 1. The number of hydrogen-bond acceptors (Lipinski definition) is 1. The van der Waals surface area contributed by atoms with Crippen LogP contribution in [-0.4, -0.2) is 0 Å². The summed E-state index contributed by atoms with van der Waals surface area (Å²) in [7, 11) is 0. The molecular formula is C18H21Br2N. The summed E-state index contributed by atoms with van der Waals surface area (Å²) in [5.41, 5.74) is 2.77. The highest BCUT2D eigenvalue weighted by molar-refractivity contribution is 9.13. The smallest absolute Gasteiger partial charge is 0.0372 e. The fourth-order valence-electron chi connectivity index (χ4n) is 2.44. The summed E-state index contributed by atoms with van der Waals surface area (Å²) in [6, 6.07) is 17.4. The Morgan fingerprint density at radius 2 is 1.62 bits per heavy atom. The van der Waals surface area contributed by atoms with Crippen molar-refractivity contribution >= 4 is 31.9 Å². The highest BCUT2D eigenvalue weighted by Crippen LogP contribution is 2.33. The molecule has 2 aromatic carbocycles. The molecule has 1 atom stereocenters. The van der Waals surface area contributed by atoms with E-state index in [1.54, 1.807) is 0 Å². The van der Waals surface area contributed by atoms with Crippen LogP contribution in [0.2, 0.25) is 0 Å². The number of benzene rings is 2. The quantitative estimate of drug-likeness (QED) is 0.642. The van der Waals surface area contributed by atoms with Gasteiger partial charge in [0.1, 0.15) is 0 Å². The Balaban J connectivity index is 2.15. The normalized spacial score (nSPS) is 13.2. The molecule has 2 aromatic rings. The molecule has 0 fully saturated rings. The van der Waals surface area contributed by atoms with E-state index in [1.807, 2.05) is 0 Å². The third-order valence-corrected chi connectivity index (χ3v) is 5.37. The van der Waals surface area contributed by atoms with Gasteiger partial charge in [0.05, 0.1) is 0 Å². The Morgan fingerprint density at radius 1 is 0.952 bits per heavy atom. The SMILES string of the molecule is CC(C)(C)C(NCc1ccc(Br)c(Br)c1)c1ccccc1. The second-order valence-corrected chi connectivity index (χ2v) is 8.05. The van der Waals surface area contributed by atoms with E-state index in [-0.39, 0.29) is 5.41 Å². The predicted molar refractivity (Wildman–Crippen MR) is 97.3 cm³/mol. The first-order valence-corrected chi connectivity index (χ1v) is 8.69. The molecule has 0 aliphatic carbocycles. The van der Waals surface area contributed by atoms with Crippen molar-refractivity contribution in [3.8, 4) is 0 Å². The summed E-state index contributed by atoms with van der Waals surface area (Å²) >= 11 is 7.07. The van der Waals surface area contributed by atoms with Crippen LogP contribution in [-0.2, 0) is 6.54 Å². The summed E-state index contributed by atoms with van der Waals surface area (Å²) in [5, 5.41) is 3.70. The van der Waals surface area contributed by atoms with Gasteiger partial charge in [-0.1, -0.05) is 57.2 Å². The van der Waals surface area contributed by atoms with E-state index in [2.05, 4.69) is 106 Å². The van der Waals surface area contributed by atoms with Gasteiger partial charge in [-0.25, -0.2) is 0 Å². The van der Waals surface area contributed by atoms with Gasteiger partial charge in [0.2, 0.25) is 0 Å². The average molecular weight is 411 g/mol. The van der Waals surface area contributed by atoms with E-state index >= 15 is 0 Å². The van der Waals surface area contributed by atoms with Crippen molar-refractivity contribution in [2.45, 2.75) is 33.4 Å². The Morgan fingerprint density at radius 3 is 2.19 bits per heavy atom. The third kappa shape index (κ3) is 4.67. The molecule has 0 aliphatic heterocycles. The molecule has 0 saturated heterocycles. The molecule has 0 radical (unpaired) electrons. The first-order valence-electron chi connectivity index (χ1n) is 7.10. The highest BCUT2D eigenvalue weighted by Gasteiger charge is 2.25. The zero-order chi connectivity index (χ0) is 15.5. The second-order valence-electron chi connectivity index (χ2n) is 6.34. The number of halogens is 2. The van der Waals surface area contributed by atoms with Crippen molar-refractivity contribution in [2.75, 3.05) is 0 Å².